The first-order valence-corrected chi connectivity index (χ1v) is 8.40. The van der Waals surface area contributed by atoms with Crippen LogP contribution in [0.5, 0.6) is 0 Å². The number of hydrogen-bond donors (Lipinski definition) is 2. The van der Waals surface area contributed by atoms with Crippen molar-refractivity contribution in [1.29, 1.82) is 0 Å². The van der Waals surface area contributed by atoms with Crippen LogP contribution in [0.1, 0.15) is 0 Å². The van der Waals surface area contributed by atoms with Gasteiger partial charge in [0, 0.05) is 0 Å². The third-order valence-electron chi connectivity index (χ3n) is 2.44. The number of H-pyrrole nitrogens is 1. The zero-order valence-electron chi connectivity index (χ0n) is 10.2. The standard InChI is InChI=1S/C10H9F2N3O4S2/c11-10(12)20(16,17)8-4-2-1-3-7(8)15-21(18,19)9-5-13-6-14-9/h1-6,10,15H,(H,13,14). The minimum atomic E-state index is -4.93. The summed E-state index contributed by atoms with van der Waals surface area (Å²) < 4.78 is 74.1. The highest BCUT2D eigenvalue weighted by Crippen LogP contribution is 2.27. The molecule has 2 aromatic rings. The number of sulfone groups is 1. The second-order valence-corrected chi connectivity index (χ2v) is 7.36. The summed E-state index contributed by atoms with van der Waals surface area (Å²) in [5.41, 5.74) is -0.465. The molecule has 114 valence electrons. The first-order valence-electron chi connectivity index (χ1n) is 5.37. The van der Waals surface area contributed by atoms with Gasteiger partial charge in [-0.1, -0.05) is 12.1 Å². The minimum absolute atomic E-state index is 0.327. The van der Waals surface area contributed by atoms with E-state index >= 15 is 0 Å². The zero-order valence-corrected chi connectivity index (χ0v) is 11.8. The lowest BCUT2D eigenvalue weighted by Crippen LogP contribution is -2.18. The second kappa shape index (κ2) is 5.41. The van der Waals surface area contributed by atoms with Crippen LogP contribution in [0.2, 0.25) is 0 Å². The van der Waals surface area contributed by atoms with E-state index in [1.165, 1.54) is 12.1 Å². The van der Waals surface area contributed by atoms with Crippen LogP contribution in [0.4, 0.5) is 14.5 Å². The Bertz CT molecular complexity index is 833. The van der Waals surface area contributed by atoms with Crippen molar-refractivity contribution in [3.05, 3.63) is 36.8 Å². The molecule has 7 nitrogen and oxygen atoms in total. The third kappa shape index (κ3) is 3.03. The summed E-state index contributed by atoms with van der Waals surface area (Å²) >= 11 is 0. The number of sulfonamides is 1. The predicted octanol–water partition coefficient (Wildman–Crippen LogP) is 1.21. The molecule has 0 fully saturated rings. The van der Waals surface area contributed by atoms with Crippen LogP contribution in [0.25, 0.3) is 0 Å². The molecule has 0 spiro atoms. The first kappa shape index (κ1) is 15.4. The van der Waals surface area contributed by atoms with E-state index in [1.807, 2.05) is 4.72 Å². The molecule has 1 aromatic heterocycles. The van der Waals surface area contributed by atoms with Crippen LogP contribution in [0.3, 0.4) is 0 Å². The van der Waals surface area contributed by atoms with Crippen molar-refractivity contribution in [2.45, 2.75) is 15.7 Å². The van der Waals surface area contributed by atoms with Crippen LogP contribution in [0, 0.1) is 0 Å². The fraction of sp³-hybridized carbons (Fsp3) is 0.100. The number of imidazole rings is 1. The Morgan fingerprint density at radius 1 is 1.14 bits per heavy atom. The van der Waals surface area contributed by atoms with E-state index in [1.54, 1.807) is 0 Å². The van der Waals surface area contributed by atoms with Crippen LogP contribution >= 0.6 is 0 Å². The van der Waals surface area contributed by atoms with E-state index in [9.17, 15) is 25.6 Å². The van der Waals surface area contributed by atoms with Gasteiger partial charge < -0.3 is 4.98 Å². The highest BCUT2D eigenvalue weighted by atomic mass is 32.2. The molecule has 1 heterocycles. The zero-order chi connectivity index (χ0) is 15.7. The average Bonchev–Trinajstić information content (AvgIpc) is 2.93. The summed E-state index contributed by atoms with van der Waals surface area (Å²) in [5.74, 6) is -3.66. The number of nitrogens with zero attached hydrogens (tertiary/aromatic N) is 1. The van der Waals surface area contributed by atoms with Crippen molar-refractivity contribution < 1.29 is 25.6 Å². The van der Waals surface area contributed by atoms with Crippen LogP contribution < -0.4 is 4.72 Å². The Labute approximate surface area is 119 Å². The molecule has 0 bridgehead atoms. The van der Waals surface area contributed by atoms with Gasteiger partial charge in [-0.2, -0.15) is 17.2 Å². The fourth-order valence-electron chi connectivity index (χ4n) is 1.48. The normalized spacial score (nSPS) is 12.5. The Kier molecular flexibility index (Phi) is 3.96. The Morgan fingerprint density at radius 3 is 2.38 bits per heavy atom. The molecule has 0 saturated heterocycles. The number of aromatic nitrogens is 2. The van der Waals surface area contributed by atoms with Crippen molar-refractivity contribution in [2.24, 2.45) is 0 Å². The minimum Gasteiger partial charge on any atom is -0.334 e. The molecule has 0 atom stereocenters. The lowest BCUT2D eigenvalue weighted by molar-refractivity contribution is 0.235. The number of alkyl halides is 2. The number of benzene rings is 1. The molecular weight excluding hydrogens is 328 g/mol. The lowest BCUT2D eigenvalue weighted by Gasteiger charge is -2.11. The van der Waals surface area contributed by atoms with Gasteiger partial charge in [-0.15, -0.1) is 0 Å². The molecule has 0 unspecified atom stereocenters. The Hall–Kier alpha value is -2.01. The smallest absolute Gasteiger partial charge is 0.334 e. The lowest BCUT2D eigenvalue weighted by atomic mass is 10.3. The quantitative estimate of drug-likeness (QED) is 0.852. The summed E-state index contributed by atoms with van der Waals surface area (Å²) in [5, 5.41) is -0.327. The highest BCUT2D eigenvalue weighted by Gasteiger charge is 2.30. The molecule has 0 aliphatic carbocycles. The molecule has 0 saturated carbocycles. The van der Waals surface area contributed by atoms with Gasteiger partial charge in [-0.25, -0.2) is 13.4 Å². The summed E-state index contributed by atoms with van der Waals surface area (Å²) in [6, 6.07) is 4.49. The molecular formula is C10H9F2N3O4S2. The predicted molar refractivity (Wildman–Crippen MR) is 69.0 cm³/mol. The van der Waals surface area contributed by atoms with Crippen LogP contribution in [-0.4, -0.2) is 32.6 Å². The molecule has 0 aliphatic heterocycles. The van der Waals surface area contributed by atoms with Gasteiger partial charge in [0.1, 0.15) is 0 Å². The largest absolute Gasteiger partial charge is 0.341 e. The van der Waals surface area contributed by atoms with Crippen LogP contribution in [0.15, 0.2) is 46.7 Å². The number of aromatic amines is 1. The maximum absolute atomic E-state index is 12.6. The van der Waals surface area contributed by atoms with E-state index in [-0.39, 0.29) is 5.03 Å². The van der Waals surface area contributed by atoms with E-state index < -0.39 is 36.2 Å². The summed E-state index contributed by atoms with van der Waals surface area (Å²) in [6.45, 7) is 0. The molecule has 0 aliphatic rings. The Balaban J connectivity index is 2.48. The molecule has 2 rings (SSSR count). The number of hydrogen-bond acceptors (Lipinski definition) is 5. The summed E-state index contributed by atoms with van der Waals surface area (Å²) in [6.07, 6.45) is 2.10. The number of anilines is 1. The molecule has 21 heavy (non-hydrogen) atoms. The van der Waals surface area contributed by atoms with Gasteiger partial charge in [0.2, 0.25) is 9.84 Å². The van der Waals surface area contributed by atoms with Gasteiger partial charge in [0.25, 0.3) is 10.0 Å². The van der Waals surface area contributed by atoms with Gasteiger partial charge in [-0.3, -0.25) is 4.72 Å². The van der Waals surface area contributed by atoms with Crippen molar-refractivity contribution in [2.75, 3.05) is 4.72 Å². The van der Waals surface area contributed by atoms with Gasteiger partial charge in [-0.05, 0) is 12.1 Å². The van der Waals surface area contributed by atoms with E-state index in [2.05, 4.69) is 9.97 Å². The van der Waals surface area contributed by atoms with Crippen molar-refractivity contribution >= 4 is 25.5 Å². The SMILES string of the molecule is O=S(=O)(Nc1ccccc1S(=O)(=O)C(F)F)c1cnc[nH]1. The van der Waals surface area contributed by atoms with Crippen molar-refractivity contribution in [1.82, 2.24) is 9.97 Å². The van der Waals surface area contributed by atoms with Crippen molar-refractivity contribution in [3.8, 4) is 0 Å². The average molecular weight is 337 g/mol. The summed E-state index contributed by atoms with van der Waals surface area (Å²) in [4.78, 5) is 5.03. The number of para-hydroxylation sites is 1. The van der Waals surface area contributed by atoms with Crippen molar-refractivity contribution in [3.63, 3.8) is 0 Å². The van der Waals surface area contributed by atoms with Gasteiger partial charge in [0.05, 0.1) is 23.1 Å². The van der Waals surface area contributed by atoms with E-state index in [0.717, 1.165) is 24.7 Å². The Morgan fingerprint density at radius 2 is 1.81 bits per heavy atom. The summed E-state index contributed by atoms with van der Waals surface area (Å²) in [7, 11) is -9.09. The second-order valence-electron chi connectivity index (χ2n) is 3.82. The monoisotopic (exact) mass is 337 g/mol. The first-order chi connectivity index (χ1) is 9.75. The maximum Gasteiger partial charge on any atom is 0.341 e. The maximum atomic E-state index is 12.6. The van der Waals surface area contributed by atoms with E-state index in [0.29, 0.717) is 0 Å². The number of nitrogens with one attached hydrogen (secondary N) is 2. The highest BCUT2D eigenvalue weighted by molar-refractivity contribution is 7.93. The van der Waals surface area contributed by atoms with E-state index in [4.69, 9.17) is 0 Å². The molecule has 1 aromatic carbocycles. The van der Waals surface area contributed by atoms with Gasteiger partial charge >= 0.3 is 5.76 Å². The van der Waals surface area contributed by atoms with Gasteiger partial charge in [0.15, 0.2) is 5.03 Å². The number of halogens is 2. The molecule has 0 amide bonds. The third-order valence-corrected chi connectivity index (χ3v) is 5.16. The topological polar surface area (TPSA) is 109 Å². The molecule has 0 radical (unpaired) electrons. The number of rotatable bonds is 5. The molecule has 2 N–H and O–H groups in total. The fourth-order valence-corrected chi connectivity index (χ4v) is 3.42. The van der Waals surface area contributed by atoms with Crippen LogP contribution in [-0.2, 0) is 19.9 Å². The molecule has 11 heteroatoms.